The standard InChI is InChI=1S/C14H14F3N3O4/c1-6-10(7(2)20(3)19-6)11(14(15,16)17)18-12(21)9-4-8(5-24-9)13(22)23/h4-5,11H,1-3H3,(H,18,21)(H,22,23)/t11-/m1/s1. The highest BCUT2D eigenvalue weighted by atomic mass is 19.4. The molecule has 7 nitrogen and oxygen atoms in total. The number of hydrogen-bond donors (Lipinski definition) is 2. The van der Waals surface area contributed by atoms with Crippen LogP contribution in [0.1, 0.15) is 43.9 Å². The monoisotopic (exact) mass is 345 g/mol. The molecule has 0 aliphatic rings. The maximum Gasteiger partial charge on any atom is 0.413 e. The second kappa shape index (κ2) is 6.02. The number of carbonyl (C=O) groups excluding carboxylic acids is 1. The van der Waals surface area contributed by atoms with E-state index in [1.807, 2.05) is 5.32 Å². The Morgan fingerprint density at radius 1 is 1.38 bits per heavy atom. The molecule has 2 aromatic heterocycles. The van der Waals surface area contributed by atoms with Crippen molar-refractivity contribution in [3.05, 3.63) is 40.6 Å². The van der Waals surface area contributed by atoms with Gasteiger partial charge in [0.15, 0.2) is 11.8 Å². The first kappa shape index (κ1) is 17.6. The van der Waals surface area contributed by atoms with Crippen LogP contribution >= 0.6 is 0 Å². The Balaban J connectivity index is 2.36. The molecule has 0 unspecified atom stereocenters. The highest BCUT2D eigenvalue weighted by Crippen LogP contribution is 2.36. The molecular formula is C14H14F3N3O4. The molecule has 2 N–H and O–H groups in total. The SMILES string of the molecule is Cc1nn(C)c(C)c1[C@@H](NC(=O)c1cc(C(=O)O)co1)C(F)(F)F. The fourth-order valence-corrected chi connectivity index (χ4v) is 2.30. The third-order valence-corrected chi connectivity index (χ3v) is 3.53. The highest BCUT2D eigenvalue weighted by molar-refractivity contribution is 5.95. The average molecular weight is 345 g/mol. The van der Waals surface area contributed by atoms with Gasteiger partial charge in [0.1, 0.15) is 6.26 Å². The number of rotatable bonds is 4. The first-order valence-electron chi connectivity index (χ1n) is 6.72. The minimum absolute atomic E-state index is 0.128. The van der Waals surface area contributed by atoms with Crippen molar-refractivity contribution in [2.45, 2.75) is 26.1 Å². The van der Waals surface area contributed by atoms with E-state index in [0.29, 0.717) is 0 Å². The lowest BCUT2D eigenvalue weighted by atomic mass is 10.0. The summed E-state index contributed by atoms with van der Waals surface area (Å²) < 4.78 is 46.2. The molecule has 0 saturated carbocycles. The Labute approximate surface area is 134 Å². The van der Waals surface area contributed by atoms with E-state index < -0.39 is 29.9 Å². The Kier molecular flexibility index (Phi) is 4.41. The van der Waals surface area contributed by atoms with Crippen LogP contribution < -0.4 is 5.32 Å². The van der Waals surface area contributed by atoms with Crippen molar-refractivity contribution < 1.29 is 32.3 Å². The lowest BCUT2D eigenvalue weighted by Gasteiger charge is -2.22. The molecule has 0 aromatic carbocycles. The zero-order valence-electron chi connectivity index (χ0n) is 12.9. The van der Waals surface area contributed by atoms with Gasteiger partial charge in [0.2, 0.25) is 0 Å². The summed E-state index contributed by atoms with van der Waals surface area (Å²) in [5, 5.41) is 14.5. The molecule has 2 rings (SSSR count). The van der Waals surface area contributed by atoms with E-state index in [1.54, 1.807) is 0 Å². The van der Waals surface area contributed by atoms with Crippen LogP contribution in [0.15, 0.2) is 16.7 Å². The van der Waals surface area contributed by atoms with Gasteiger partial charge in [-0.3, -0.25) is 9.48 Å². The number of aromatic nitrogens is 2. The molecule has 10 heteroatoms. The Morgan fingerprint density at radius 2 is 2.00 bits per heavy atom. The number of nitrogens with zero attached hydrogens (tertiary/aromatic N) is 2. The third kappa shape index (κ3) is 3.26. The highest BCUT2D eigenvalue weighted by Gasteiger charge is 2.45. The van der Waals surface area contributed by atoms with Crippen LogP contribution in [0.25, 0.3) is 0 Å². The van der Waals surface area contributed by atoms with E-state index in [1.165, 1.54) is 25.6 Å². The molecule has 130 valence electrons. The number of aromatic carboxylic acids is 1. The van der Waals surface area contributed by atoms with Crippen LogP contribution in [0.5, 0.6) is 0 Å². The minimum atomic E-state index is -4.77. The molecule has 1 amide bonds. The second-order valence-electron chi connectivity index (χ2n) is 5.16. The molecule has 0 radical (unpaired) electrons. The predicted octanol–water partition coefficient (Wildman–Crippen LogP) is 2.36. The summed E-state index contributed by atoms with van der Waals surface area (Å²) in [6, 6.07) is -1.44. The van der Waals surface area contributed by atoms with E-state index in [4.69, 9.17) is 9.52 Å². The molecule has 1 atom stereocenters. The van der Waals surface area contributed by atoms with Crippen LogP contribution in [-0.4, -0.2) is 32.9 Å². The smallest absolute Gasteiger partial charge is 0.413 e. The molecule has 0 bridgehead atoms. The normalized spacial score (nSPS) is 12.9. The van der Waals surface area contributed by atoms with Crippen molar-refractivity contribution in [1.29, 1.82) is 0 Å². The summed E-state index contributed by atoms with van der Waals surface area (Å²) in [5.74, 6) is -3.06. The van der Waals surface area contributed by atoms with E-state index in [0.717, 1.165) is 12.3 Å². The summed E-state index contributed by atoms with van der Waals surface area (Å²) in [6.07, 6.45) is -3.99. The first-order valence-corrected chi connectivity index (χ1v) is 6.72. The van der Waals surface area contributed by atoms with Crippen LogP contribution in [-0.2, 0) is 7.05 Å². The van der Waals surface area contributed by atoms with Crippen molar-refractivity contribution >= 4 is 11.9 Å². The summed E-state index contributed by atoms with van der Waals surface area (Å²) in [5.41, 5.74) is -0.120. The van der Waals surface area contributed by atoms with Crippen molar-refractivity contribution in [2.24, 2.45) is 7.05 Å². The fraction of sp³-hybridized carbons (Fsp3) is 0.357. The zero-order chi connectivity index (χ0) is 18.2. The number of alkyl halides is 3. The zero-order valence-corrected chi connectivity index (χ0v) is 12.9. The van der Waals surface area contributed by atoms with Gasteiger partial charge >= 0.3 is 12.1 Å². The number of halogens is 3. The molecule has 2 heterocycles. The van der Waals surface area contributed by atoms with Crippen LogP contribution in [0.2, 0.25) is 0 Å². The fourth-order valence-electron chi connectivity index (χ4n) is 2.30. The van der Waals surface area contributed by atoms with Crippen molar-refractivity contribution in [2.75, 3.05) is 0 Å². The summed E-state index contributed by atoms with van der Waals surface area (Å²) in [4.78, 5) is 22.8. The van der Waals surface area contributed by atoms with Crippen LogP contribution in [0.4, 0.5) is 13.2 Å². The summed E-state index contributed by atoms with van der Waals surface area (Å²) in [7, 11) is 1.49. The van der Waals surface area contributed by atoms with Crippen molar-refractivity contribution in [3.8, 4) is 0 Å². The molecule has 24 heavy (non-hydrogen) atoms. The maximum atomic E-state index is 13.4. The summed E-state index contributed by atoms with van der Waals surface area (Å²) >= 11 is 0. The molecule has 0 spiro atoms. The van der Waals surface area contributed by atoms with Gasteiger partial charge in [0.25, 0.3) is 5.91 Å². The number of carboxylic acid groups (broad SMARTS) is 1. The minimum Gasteiger partial charge on any atom is -0.478 e. The van der Waals surface area contributed by atoms with Crippen LogP contribution in [0, 0.1) is 13.8 Å². The van der Waals surface area contributed by atoms with Crippen molar-refractivity contribution in [3.63, 3.8) is 0 Å². The summed E-state index contributed by atoms with van der Waals surface area (Å²) in [6.45, 7) is 2.86. The molecule has 0 aliphatic heterocycles. The molecule has 0 saturated heterocycles. The Hall–Kier alpha value is -2.78. The van der Waals surface area contributed by atoms with E-state index in [2.05, 4.69) is 5.10 Å². The van der Waals surface area contributed by atoms with Gasteiger partial charge in [-0.2, -0.15) is 18.3 Å². The lowest BCUT2D eigenvalue weighted by Crippen LogP contribution is -2.38. The number of carbonyl (C=O) groups is 2. The van der Waals surface area contributed by atoms with E-state index >= 15 is 0 Å². The molecule has 0 fully saturated rings. The van der Waals surface area contributed by atoms with Crippen molar-refractivity contribution in [1.82, 2.24) is 15.1 Å². The first-order chi connectivity index (χ1) is 11.0. The number of aryl methyl sites for hydroxylation is 2. The van der Waals surface area contributed by atoms with Gasteiger partial charge in [-0.05, 0) is 13.8 Å². The maximum absolute atomic E-state index is 13.4. The van der Waals surface area contributed by atoms with E-state index in [-0.39, 0.29) is 22.5 Å². The van der Waals surface area contributed by atoms with E-state index in [9.17, 15) is 22.8 Å². The number of hydrogen-bond acceptors (Lipinski definition) is 4. The lowest BCUT2D eigenvalue weighted by molar-refractivity contribution is -0.155. The number of amides is 1. The quantitative estimate of drug-likeness (QED) is 0.887. The van der Waals surface area contributed by atoms with Gasteiger partial charge in [0.05, 0.1) is 11.3 Å². The number of furan rings is 1. The second-order valence-corrected chi connectivity index (χ2v) is 5.16. The van der Waals surface area contributed by atoms with Gasteiger partial charge in [-0.15, -0.1) is 0 Å². The average Bonchev–Trinajstić information content (AvgIpc) is 3.02. The Morgan fingerprint density at radius 3 is 2.42 bits per heavy atom. The van der Waals surface area contributed by atoms with Gasteiger partial charge in [0, 0.05) is 24.4 Å². The topological polar surface area (TPSA) is 97.4 Å². The largest absolute Gasteiger partial charge is 0.478 e. The molecule has 0 aliphatic carbocycles. The van der Waals surface area contributed by atoms with Gasteiger partial charge in [-0.1, -0.05) is 0 Å². The van der Waals surface area contributed by atoms with Gasteiger partial charge < -0.3 is 14.8 Å². The molecular weight excluding hydrogens is 331 g/mol. The van der Waals surface area contributed by atoms with Gasteiger partial charge in [-0.25, -0.2) is 4.79 Å². The number of carboxylic acids is 1. The van der Waals surface area contributed by atoms with Crippen LogP contribution in [0.3, 0.4) is 0 Å². The Bertz CT molecular complexity index is 792. The third-order valence-electron chi connectivity index (χ3n) is 3.53. The predicted molar refractivity (Wildman–Crippen MR) is 74.6 cm³/mol. The number of nitrogens with one attached hydrogen (secondary N) is 1. The molecule has 2 aromatic rings.